The molecule has 12 aromatic carbocycles. The minimum atomic E-state index is 0.826. The van der Waals surface area contributed by atoms with E-state index in [-0.39, 0.29) is 0 Å². The highest BCUT2D eigenvalue weighted by Gasteiger charge is 2.31. The van der Waals surface area contributed by atoms with Gasteiger partial charge in [-0.05, 0) is 186 Å². The van der Waals surface area contributed by atoms with Gasteiger partial charge in [-0.2, -0.15) is 0 Å². The van der Waals surface area contributed by atoms with Gasteiger partial charge < -0.3 is 9.80 Å². The second-order valence-corrected chi connectivity index (χ2v) is 20.3. The van der Waals surface area contributed by atoms with E-state index in [9.17, 15) is 0 Å². The molecule has 0 aromatic heterocycles. The van der Waals surface area contributed by atoms with Crippen LogP contribution in [0.3, 0.4) is 0 Å². The summed E-state index contributed by atoms with van der Waals surface area (Å²) in [4.78, 5) is 4.66. The van der Waals surface area contributed by atoms with Crippen molar-refractivity contribution in [3.8, 4) is 44.5 Å². The van der Waals surface area contributed by atoms with Gasteiger partial charge in [-0.3, -0.25) is 0 Å². The molecule has 0 spiro atoms. The van der Waals surface area contributed by atoms with Gasteiger partial charge in [0.2, 0.25) is 0 Å². The maximum absolute atomic E-state index is 2.38. The number of hydrogen-bond donors (Lipinski definition) is 0. The van der Waals surface area contributed by atoms with E-state index < -0.39 is 0 Å². The number of para-hydroxylation sites is 4. The van der Waals surface area contributed by atoms with Gasteiger partial charge >= 0.3 is 0 Å². The summed E-state index contributed by atoms with van der Waals surface area (Å²) in [5.74, 6) is 0. The van der Waals surface area contributed by atoms with Crippen molar-refractivity contribution in [2.24, 2.45) is 0 Å². The van der Waals surface area contributed by atoms with E-state index in [0.717, 1.165) is 47.0 Å². The Morgan fingerprint density at radius 1 is 0.205 bits per heavy atom. The van der Waals surface area contributed by atoms with Crippen LogP contribution in [0.2, 0.25) is 0 Å². The molecular weight excluding hydrogens is 941 g/mol. The molecule has 0 saturated carbocycles. The zero-order valence-electron chi connectivity index (χ0n) is 43.2. The molecule has 0 radical (unpaired) electrons. The molecule has 368 valence electrons. The maximum Gasteiger partial charge on any atom is 0.0462 e. The SMILES string of the molecule is c1ccc(/C(=C(/c2ccccc2)c2cccc3c2Cc2c(-c4ccc(N(c5ccccc5)c5ccccc5)cc4)cccc2-3)c2cccc3c2Cc2c(-c4ccc(N(c5ccccc5)c5ccccc5)cc4)cccc2-3)cc1. The molecule has 2 aliphatic carbocycles. The topological polar surface area (TPSA) is 6.48 Å². The summed E-state index contributed by atoms with van der Waals surface area (Å²) in [6.45, 7) is 0. The van der Waals surface area contributed by atoms with Crippen molar-refractivity contribution in [2.75, 3.05) is 9.80 Å². The second kappa shape index (κ2) is 20.3. The van der Waals surface area contributed by atoms with Crippen LogP contribution < -0.4 is 9.80 Å². The Morgan fingerprint density at radius 2 is 0.462 bits per heavy atom. The molecule has 2 aliphatic rings. The van der Waals surface area contributed by atoms with E-state index in [0.29, 0.717) is 0 Å². The fourth-order valence-corrected chi connectivity index (χ4v) is 12.3. The van der Waals surface area contributed by atoms with Crippen LogP contribution in [-0.2, 0) is 12.8 Å². The Kier molecular flexibility index (Phi) is 12.1. The summed E-state index contributed by atoms with van der Waals surface area (Å²) >= 11 is 0. The Hall–Kier alpha value is -10.0. The van der Waals surface area contributed by atoms with Gasteiger partial charge in [0, 0.05) is 34.1 Å². The van der Waals surface area contributed by atoms with Crippen LogP contribution in [0.15, 0.2) is 303 Å². The van der Waals surface area contributed by atoms with Crippen LogP contribution in [0.5, 0.6) is 0 Å². The predicted octanol–water partition coefficient (Wildman–Crippen LogP) is 20.1. The van der Waals surface area contributed by atoms with Gasteiger partial charge in [0.05, 0.1) is 0 Å². The largest absolute Gasteiger partial charge is 0.311 e. The lowest BCUT2D eigenvalue weighted by Gasteiger charge is -2.25. The molecule has 2 nitrogen and oxygen atoms in total. The Morgan fingerprint density at radius 3 is 0.782 bits per heavy atom. The average Bonchev–Trinajstić information content (AvgIpc) is 4.19. The van der Waals surface area contributed by atoms with E-state index in [1.54, 1.807) is 0 Å². The Balaban J connectivity index is 0.866. The van der Waals surface area contributed by atoms with Gasteiger partial charge in [-0.15, -0.1) is 0 Å². The highest BCUT2D eigenvalue weighted by molar-refractivity contribution is 6.08. The van der Waals surface area contributed by atoms with Crippen molar-refractivity contribution in [2.45, 2.75) is 12.8 Å². The monoisotopic (exact) mass is 994 g/mol. The molecule has 0 heterocycles. The van der Waals surface area contributed by atoms with Crippen molar-refractivity contribution in [1.29, 1.82) is 0 Å². The zero-order valence-corrected chi connectivity index (χ0v) is 43.2. The predicted molar refractivity (Wildman–Crippen MR) is 328 cm³/mol. The molecule has 0 N–H and O–H groups in total. The molecule has 0 fully saturated rings. The second-order valence-electron chi connectivity index (χ2n) is 20.3. The number of anilines is 6. The fourth-order valence-electron chi connectivity index (χ4n) is 12.3. The number of rotatable bonds is 12. The normalized spacial score (nSPS) is 12.2. The van der Waals surface area contributed by atoms with Gasteiger partial charge in [0.15, 0.2) is 0 Å². The lowest BCUT2D eigenvalue weighted by molar-refractivity contribution is 1.24. The van der Waals surface area contributed by atoms with E-state index in [2.05, 4.69) is 313 Å². The third-order valence-corrected chi connectivity index (χ3v) is 15.8. The third-order valence-electron chi connectivity index (χ3n) is 15.8. The Bertz CT molecular complexity index is 3780. The first-order valence-electron chi connectivity index (χ1n) is 27.1. The molecule has 0 saturated heterocycles. The lowest BCUT2D eigenvalue weighted by Crippen LogP contribution is -2.09. The third kappa shape index (κ3) is 8.41. The first kappa shape index (κ1) is 46.5. The molecule has 12 aromatic rings. The highest BCUT2D eigenvalue weighted by atomic mass is 15.1. The summed E-state index contributed by atoms with van der Waals surface area (Å²) in [5.41, 5.74) is 29.9. The summed E-state index contributed by atoms with van der Waals surface area (Å²) < 4.78 is 0. The van der Waals surface area contributed by atoms with Crippen LogP contribution in [0, 0.1) is 0 Å². The first-order valence-corrected chi connectivity index (χ1v) is 27.1. The highest BCUT2D eigenvalue weighted by Crippen LogP contribution is 2.51. The number of benzene rings is 12. The fraction of sp³-hybridized carbons (Fsp3) is 0.0263. The maximum atomic E-state index is 2.38. The van der Waals surface area contributed by atoms with Gasteiger partial charge in [0.25, 0.3) is 0 Å². The first-order chi connectivity index (χ1) is 38.7. The molecular formula is C76H54N2. The van der Waals surface area contributed by atoms with Crippen LogP contribution >= 0.6 is 0 Å². The van der Waals surface area contributed by atoms with Crippen molar-refractivity contribution in [3.05, 3.63) is 348 Å². The van der Waals surface area contributed by atoms with Crippen LogP contribution in [0.4, 0.5) is 34.1 Å². The van der Waals surface area contributed by atoms with Crippen molar-refractivity contribution in [1.82, 2.24) is 0 Å². The molecule has 14 rings (SSSR count). The van der Waals surface area contributed by atoms with Crippen LogP contribution in [0.25, 0.3) is 55.7 Å². The van der Waals surface area contributed by atoms with E-state index in [4.69, 9.17) is 0 Å². The summed E-state index contributed by atoms with van der Waals surface area (Å²) in [6, 6.07) is 111. The number of nitrogens with zero attached hydrogens (tertiary/aromatic N) is 2. The van der Waals surface area contributed by atoms with E-state index >= 15 is 0 Å². The molecule has 0 unspecified atom stereocenters. The van der Waals surface area contributed by atoms with Gasteiger partial charge in [0.1, 0.15) is 0 Å². The van der Waals surface area contributed by atoms with Gasteiger partial charge in [-0.1, -0.05) is 231 Å². The zero-order chi connectivity index (χ0) is 51.8. The molecule has 0 amide bonds. The summed E-state index contributed by atoms with van der Waals surface area (Å²) in [6.07, 6.45) is 1.65. The van der Waals surface area contributed by atoms with Gasteiger partial charge in [-0.25, -0.2) is 0 Å². The Labute approximate surface area is 457 Å². The average molecular weight is 995 g/mol. The van der Waals surface area contributed by atoms with Crippen LogP contribution in [0.1, 0.15) is 44.5 Å². The minimum Gasteiger partial charge on any atom is -0.311 e. The van der Waals surface area contributed by atoms with Crippen molar-refractivity contribution >= 4 is 45.3 Å². The summed E-state index contributed by atoms with van der Waals surface area (Å²) in [5, 5.41) is 0. The standard InChI is InChI=1S/C76H54N2/c1-7-23-55(24-8-1)75(69-41-21-39-67-65-37-19-35-63(71(65)51-73(67)69)53-43-47-61(48-44-53)77(57-27-11-3-12-28-57)58-29-13-4-14-30-58)76(56-25-9-2-10-26-56)70-42-22-40-68-66-38-20-36-64(72(66)52-74(68)70)54-45-49-62(50-46-54)78(59-31-15-5-16-32-59)60-33-17-6-18-34-60/h1-50H,51-52H2/b76-75+. The molecule has 0 aliphatic heterocycles. The number of hydrogen-bond acceptors (Lipinski definition) is 2. The number of fused-ring (bicyclic) bond motifs is 6. The molecule has 0 atom stereocenters. The lowest BCUT2D eigenvalue weighted by atomic mass is 9.81. The molecule has 78 heavy (non-hydrogen) atoms. The quantitative estimate of drug-likeness (QED) is 0.113. The van der Waals surface area contributed by atoms with Crippen molar-refractivity contribution < 1.29 is 0 Å². The van der Waals surface area contributed by atoms with E-state index in [1.165, 1.54) is 100 Å². The van der Waals surface area contributed by atoms with E-state index in [1.807, 2.05) is 0 Å². The van der Waals surface area contributed by atoms with Crippen molar-refractivity contribution in [3.63, 3.8) is 0 Å². The molecule has 0 bridgehead atoms. The molecule has 2 heteroatoms. The van der Waals surface area contributed by atoms with Crippen LogP contribution in [-0.4, -0.2) is 0 Å². The smallest absolute Gasteiger partial charge is 0.0462 e. The summed E-state index contributed by atoms with van der Waals surface area (Å²) in [7, 11) is 0. The minimum absolute atomic E-state index is 0.826.